The van der Waals surface area contributed by atoms with Crippen molar-refractivity contribution in [3.05, 3.63) is 0 Å². The number of carbonyl (C=O) groups is 1. The Kier molecular flexibility index (Phi) is 1.83. The largest absolute Gasteiger partial charge is 0.468 e. The molecule has 1 rings (SSSR count). The van der Waals surface area contributed by atoms with E-state index in [-0.39, 0.29) is 18.1 Å². The lowest BCUT2D eigenvalue weighted by molar-refractivity contribution is -0.142. The van der Waals surface area contributed by atoms with Gasteiger partial charge in [0.15, 0.2) is 0 Å². The van der Waals surface area contributed by atoms with Crippen LogP contribution >= 0.6 is 0 Å². The standard InChI is InChI=1S/C6H11NO3/c1-10-6(9)5-2-4(8)3-7-5/h4-5,7-8H,2-3H2,1H3/t4-,5-/m1/s1/i8D. The van der Waals surface area contributed by atoms with Crippen molar-refractivity contribution in [3.8, 4) is 0 Å². The lowest BCUT2D eigenvalue weighted by Gasteiger charge is -2.05. The molecule has 1 aliphatic rings. The fourth-order valence-electron chi connectivity index (χ4n) is 1.03. The quantitative estimate of drug-likeness (QED) is 0.485. The summed E-state index contributed by atoms with van der Waals surface area (Å²) >= 11 is 0. The highest BCUT2D eigenvalue weighted by atomic mass is 16.5. The summed E-state index contributed by atoms with van der Waals surface area (Å²) in [7, 11) is 1.35. The summed E-state index contributed by atoms with van der Waals surface area (Å²) in [6.07, 6.45) is 0.343. The first-order chi connectivity index (χ1) is 5.27. The van der Waals surface area contributed by atoms with Gasteiger partial charge in [0, 0.05) is 13.0 Å². The molecule has 4 heteroatoms. The third kappa shape index (κ3) is 1.46. The maximum Gasteiger partial charge on any atom is 0.322 e. The molecular weight excluding hydrogens is 134 g/mol. The number of hydrogen-bond acceptors (Lipinski definition) is 4. The summed E-state index contributed by atoms with van der Waals surface area (Å²) < 4.78 is 11.1. The van der Waals surface area contributed by atoms with Crippen LogP contribution in [0.15, 0.2) is 0 Å². The van der Waals surface area contributed by atoms with Gasteiger partial charge in [-0.1, -0.05) is 0 Å². The summed E-state index contributed by atoms with van der Waals surface area (Å²) in [5.41, 5.74) is 0. The topological polar surface area (TPSA) is 58.6 Å². The molecule has 1 fully saturated rings. The minimum atomic E-state index is -0.296. The Bertz CT molecular complexity index is 153. The number of aliphatic hydroxyl groups is 1. The van der Waals surface area contributed by atoms with E-state index in [1.165, 1.54) is 7.11 Å². The van der Waals surface area contributed by atoms with E-state index in [9.17, 15) is 4.79 Å². The average Bonchev–Trinajstić information content (AvgIpc) is 2.50. The first kappa shape index (κ1) is 6.12. The molecule has 2 atom stereocenters. The second-order valence-corrected chi connectivity index (χ2v) is 2.34. The van der Waals surface area contributed by atoms with Crippen molar-refractivity contribution >= 4 is 5.97 Å². The van der Waals surface area contributed by atoms with Gasteiger partial charge in [-0.2, -0.15) is 0 Å². The zero-order valence-corrected chi connectivity index (χ0v) is 5.79. The Morgan fingerprint density at radius 2 is 2.80 bits per heavy atom. The Labute approximate surface area is 60.7 Å². The number of β-amino-alcohol motifs (C(OH)–C–C–N with tert-alkyl or cyclic N) is 1. The zero-order valence-electron chi connectivity index (χ0n) is 6.79. The average molecular weight is 146 g/mol. The summed E-state index contributed by atoms with van der Waals surface area (Å²) in [6.45, 7) is 0.545. The molecule has 0 aliphatic carbocycles. The van der Waals surface area contributed by atoms with Crippen LogP contribution in [0.25, 0.3) is 0 Å². The number of nitrogens with one attached hydrogen (secondary N) is 1. The van der Waals surface area contributed by atoms with Crippen molar-refractivity contribution in [2.24, 2.45) is 0 Å². The Hall–Kier alpha value is -0.610. The van der Waals surface area contributed by atoms with Crippen LogP contribution < -0.4 is 5.32 Å². The lowest BCUT2D eigenvalue weighted by Crippen LogP contribution is -2.31. The Morgan fingerprint density at radius 1 is 2.00 bits per heavy atom. The summed E-state index contributed by atoms with van der Waals surface area (Å²) in [5.74, 6) is -0.287. The SMILES string of the molecule is [2H]O[C@H]1CN[C@@H](C(=O)OC)C1. The van der Waals surface area contributed by atoms with Crippen LogP contribution in [-0.2, 0) is 9.53 Å². The molecule has 0 radical (unpaired) electrons. The van der Waals surface area contributed by atoms with Gasteiger partial charge in [0.05, 0.1) is 13.2 Å². The van der Waals surface area contributed by atoms with E-state index < -0.39 is 0 Å². The molecule has 58 valence electrons. The number of carbonyl (C=O) groups excluding carboxylic acids is 1. The molecule has 0 aromatic rings. The highest BCUT2D eigenvalue weighted by Crippen LogP contribution is 2.06. The maximum atomic E-state index is 10.9. The third-order valence-electron chi connectivity index (χ3n) is 1.58. The molecule has 0 spiro atoms. The van der Waals surface area contributed by atoms with Crippen molar-refractivity contribution in [3.63, 3.8) is 0 Å². The molecular formula is C6H11NO3. The van der Waals surface area contributed by atoms with Gasteiger partial charge >= 0.3 is 5.97 Å². The minimum absolute atomic E-state index is 0.181. The smallest absolute Gasteiger partial charge is 0.322 e. The number of methoxy groups -OCH3 is 1. The first-order valence-corrected chi connectivity index (χ1v) is 3.21. The maximum absolute atomic E-state index is 10.9. The fraction of sp³-hybridized carbons (Fsp3) is 0.833. The van der Waals surface area contributed by atoms with Gasteiger partial charge in [0.2, 0.25) is 1.43 Å². The van der Waals surface area contributed by atoms with Crippen molar-refractivity contribution in [2.45, 2.75) is 18.6 Å². The van der Waals surface area contributed by atoms with Gasteiger partial charge in [-0.3, -0.25) is 4.79 Å². The van der Waals surface area contributed by atoms with Crippen LogP contribution in [0, 0.1) is 0 Å². The van der Waals surface area contributed by atoms with E-state index in [4.69, 9.17) is 1.43 Å². The van der Waals surface area contributed by atoms with Crippen LogP contribution in [0.2, 0.25) is 0 Å². The van der Waals surface area contributed by atoms with E-state index in [1.807, 2.05) is 0 Å². The van der Waals surface area contributed by atoms with E-state index in [2.05, 4.69) is 15.2 Å². The molecule has 1 aliphatic heterocycles. The molecule has 2 N–H and O–H groups in total. The van der Waals surface area contributed by atoms with Gasteiger partial charge < -0.3 is 15.2 Å². The van der Waals surface area contributed by atoms with E-state index >= 15 is 0 Å². The van der Waals surface area contributed by atoms with Crippen molar-refractivity contribution in [1.29, 1.82) is 1.43 Å². The number of hydrogen-bond donors (Lipinski definition) is 2. The summed E-state index contributed by atoms with van der Waals surface area (Å²) in [5, 5.41) is 7.20. The molecule has 4 nitrogen and oxygen atoms in total. The van der Waals surface area contributed by atoms with Gasteiger partial charge in [-0.15, -0.1) is 0 Å². The van der Waals surface area contributed by atoms with Crippen molar-refractivity contribution in [2.75, 3.05) is 13.7 Å². The van der Waals surface area contributed by atoms with Crippen LogP contribution in [0.3, 0.4) is 0 Å². The number of aliphatic hydroxyl groups excluding tert-OH is 1. The molecule has 0 aromatic carbocycles. The third-order valence-corrected chi connectivity index (χ3v) is 1.58. The van der Waals surface area contributed by atoms with Gasteiger partial charge in [-0.25, -0.2) is 0 Å². The zero-order chi connectivity index (χ0) is 8.27. The van der Waals surface area contributed by atoms with Gasteiger partial charge in [0.1, 0.15) is 6.04 Å². The van der Waals surface area contributed by atoms with E-state index in [0.717, 1.165) is 0 Å². The monoisotopic (exact) mass is 146 g/mol. The van der Waals surface area contributed by atoms with Gasteiger partial charge in [0.25, 0.3) is 0 Å². The molecule has 10 heavy (non-hydrogen) atoms. The van der Waals surface area contributed by atoms with Crippen LogP contribution in [0.4, 0.5) is 0 Å². The Morgan fingerprint density at radius 3 is 3.30 bits per heavy atom. The summed E-state index contributed by atoms with van der Waals surface area (Å²) in [4.78, 5) is 10.9. The van der Waals surface area contributed by atoms with Crippen LogP contribution in [0.5, 0.6) is 0 Å². The predicted octanol–water partition coefficient (Wildman–Crippen LogP) is -1.12. The number of esters is 1. The van der Waals surface area contributed by atoms with Gasteiger partial charge in [-0.05, 0) is 0 Å². The van der Waals surface area contributed by atoms with Crippen LogP contribution in [0.1, 0.15) is 6.42 Å². The van der Waals surface area contributed by atoms with Crippen molar-refractivity contribution in [1.82, 2.24) is 5.32 Å². The normalized spacial score (nSPS) is 33.5. The predicted molar refractivity (Wildman–Crippen MR) is 34.4 cm³/mol. The second-order valence-electron chi connectivity index (χ2n) is 2.34. The molecule has 0 bridgehead atoms. The molecule has 0 unspecified atom stereocenters. The van der Waals surface area contributed by atoms with Crippen LogP contribution in [-0.4, -0.2) is 38.3 Å². The second kappa shape index (κ2) is 2.98. The lowest BCUT2D eigenvalue weighted by atomic mass is 10.2. The molecule has 0 saturated carbocycles. The Balaban J connectivity index is 2.35. The molecule has 1 heterocycles. The fourth-order valence-corrected chi connectivity index (χ4v) is 1.03. The first-order valence-electron chi connectivity index (χ1n) is 3.62. The highest BCUT2D eigenvalue weighted by molar-refractivity contribution is 5.76. The van der Waals surface area contributed by atoms with Crippen molar-refractivity contribution < 1.29 is 14.6 Å². The molecule has 0 amide bonds. The molecule has 1 saturated heterocycles. The highest BCUT2D eigenvalue weighted by Gasteiger charge is 2.28. The van der Waals surface area contributed by atoms with E-state index in [0.29, 0.717) is 13.0 Å². The number of ether oxygens (including phenoxy) is 1. The molecule has 0 aromatic heterocycles. The summed E-state index contributed by atoms with van der Waals surface area (Å²) in [6, 6.07) is -0.296. The van der Waals surface area contributed by atoms with E-state index in [1.54, 1.807) is 0 Å². The number of rotatable bonds is 2. The minimum Gasteiger partial charge on any atom is -0.468 e.